The van der Waals surface area contributed by atoms with E-state index >= 15 is 0 Å². The topological polar surface area (TPSA) is 102 Å². The predicted molar refractivity (Wildman–Crippen MR) is 95.9 cm³/mol. The van der Waals surface area contributed by atoms with Gasteiger partial charge in [-0.15, -0.1) is 0 Å². The number of aryl methyl sites for hydroxylation is 1. The van der Waals surface area contributed by atoms with Crippen LogP contribution in [-0.4, -0.2) is 50.4 Å². The number of aliphatic hydroxyl groups is 1. The van der Waals surface area contributed by atoms with Gasteiger partial charge < -0.3 is 20.6 Å². The minimum absolute atomic E-state index is 0.116. The van der Waals surface area contributed by atoms with Crippen LogP contribution in [0, 0.1) is 6.92 Å². The molecule has 134 valence electrons. The summed E-state index contributed by atoms with van der Waals surface area (Å²) in [5, 5.41) is 23.5. The summed E-state index contributed by atoms with van der Waals surface area (Å²) in [4.78, 5) is 11.3. The number of nitrogens with one attached hydrogen (secondary N) is 3. The van der Waals surface area contributed by atoms with Crippen LogP contribution in [0.25, 0.3) is 0 Å². The van der Waals surface area contributed by atoms with Crippen molar-refractivity contribution in [2.45, 2.75) is 57.3 Å². The molecule has 0 aromatic carbocycles. The van der Waals surface area contributed by atoms with E-state index in [2.05, 4.69) is 35.7 Å². The summed E-state index contributed by atoms with van der Waals surface area (Å²) in [5.74, 6) is 1.99. The zero-order valence-corrected chi connectivity index (χ0v) is 14.7. The number of hydrogen-bond acceptors (Lipinski definition) is 7. The van der Waals surface area contributed by atoms with Gasteiger partial charge in [0.2, 0.25) is 5.95 Å². The number of aromatic nitrogens is 4. The van der Waals surface area contributed by atoms with Crippen molar-refractivity contribution < 1.29 is 5.11 Å². The van der Waals surface area contributed by atoms with Crippen LogP contribution in [0.5, 0.6) is 0 Å². The molecule has 0 aliphatic carbocycles. The van der Waals surface area contributed by atoms with Crippen LogP contribution in [0.3, 0.4) is 0 Å². The second kappa shape index (κ2) is 6.61. The van der Waals surface area contributed by atoms with Gasteiger partial charge in [0.1, 0.15) is 5.82 Å². The fourth-order valence-electron chi connectivity index (χ4n) is 3.91. The third-order valence-corrected chi connectivity index (χ3v) is 5.20. The summed E-state index contributed by atoms with van der Waals surface area (Å²) in [6.07, 6.45) is 4.75. The zero-order valence-electron chi connectivity index (χ0n) is 14.7. The van der Waals surface area contributed by atoms with Crippen molar-refractivity contribution in [1.29, 1.82) is 0 Å². The molecular formula is C17H25N7O. The lowest BCUT2D eigenvalue weighted by molar-refractivity contribution is 0.276. The van der Waals surface area contributed by atoms with E-state index in [4.69, 9.17) is 0 Å². The summed E-state index contributed by atoms with van der Waals surface area (Å²) in [7, 11) is 2.05. The second-order valence-corrected chi connectivity index (χ2v) is 7.14. The van der Waals surface area contributed by atoms with Gasteiger partial charge in [-0.1, -0.05) is 0 Å². The molecule has 1 unspecified atom stereocenters. The summed E-state index contributed by atoms with van der Waals surface area (Å²) in [5.41, 5.74) is 1.57. The molecule has 2 bridgehead atoms. The highest BCUT2D eigenvalue weighted by Crippen LogP contribution is 2.31. The number of rotatable bonds is 5. The number of aliphatic hydroxyl groups excluding tert-OH is 1. The Bertz CT molecular complexity index is 734. The maximum Gasteiger partial charge on any atom is 0.227 e. The lowest BCUT2D eigenvalue weighted by Crippen LogP contribution is -2.47. The van der Waals surface area contributed by atoms with E-state index in [9.17, 15) is 5.11 Å². The normalized spacial score (nSPS) is 25.2. The van der Waals surface area contributed by atoms with Gasteiger partial charge in [0.05, 0.1) is 12.3 Å². The largest absolute Gasteiger partial charge is 0.390 e. The summed E-state index contributed by atoms with van der Waals surface area (Å²) < 4.78 is 0. The van der Waals surface area contributed by atoms with Crippen LogP contribution in [0.4, 0.5) is 17.6 Å². The van der Waals surface area contributed by atoms with Gasteiger partial charge in [0.25, 0.3) is 0 Å². The van der Waals surface area contributed by atoms with E-state index in [1.54, 1.807) is 6.07 Å². The van der Waals surface area contributed by atoms with Gasteiger partial charge in [-0.25, -0.2) is 4.98 Å². The van der Waals surface area contributed by atoms with Crippen LogP contribution in [0.1, 0.15) is 37.1 Å². The highest BCUT2D eigenvalue weighted by atomic mass is 16.3. The van der Waals surface area contributed by atoms with Crippen molar-refractivity contribution in [2.24, 2.45) is 0 Å². The molecule has 4 N–H and O–H groups in total. The van der Waals surface area contributed by atoms with Crippen molar-refractivity contribution in [3.8, 4) is 0 Å². The molecular weight excluding hydrogens is 318 g/mol. The fraction of sp³-hybridized carbons (Fsp3) is 0.588. The Morgan fingerprint density at radius 1 is 1.20 bits per heavy atom. The van der Waals surface area contributed by atoms with Crippen LogP contribution in [0.2, 0.25) is 0 Å². The first-order valence-corrected chi connectivity index (χ1v) is 8.87. The summed E-state index contributed by atoms with van der Waals surface area (Å²) in [6, 6.07) is 5.31. The molecule has 25 heavy (non-hydrogen) atoms. The molecule has 8 heteroatoms. The van der Waals surface area contributed by atoms with Gasteiger partial charge in [-0.3, -0.25) is 5.10 Å². The van der Waals surface area contributed by atoms with Crippen molar-refractivity contribution in [3.05, 3.63) is 23.5 Å². The van der Waals surface area contributed by atoms with Crippen LogP contribution in [-0.2, 0) is 6.61 Å². The van der Waals surface area contributed by atoms with E-state index in [1.165, 1.54) is 12.8 Å². The molecule has 8 nitrogen and oxygen atoms in total. The van der Waals surface area contributed by atoms with Gasteiger partial charge in [-0.05, 0) is 32.6 Å². The Labute approximate surface area is 147 Å². The number of hydrogen-bond donors (Lipinski definition) is 4. The lowest BCUT2D eigenvalue weighted by atomic mass is 9.99. The van der Waals surface area contributed by atoms with Crippen LogP contribution >= 0.6 is 0 Å². The monoisotopic (exact) mass is 343 g/mol. The molecule has 2 aromatic heterocycles. The molecule has 2 fully saturated rings. The van der Waals surface area contributed by atoms with Crippen LogP contribution in [0.15, 0.2) is 12.1 Å². The standard InChI is InChI=1S/C17H25N7O/c1-10-5-16(23-22-10)20-15-8-13(9-25)19-17(21-15)24(2)14-6-11-3-4-12(7-14)18-11/h5,8,11-12,14,18,25H,3-4,6-7,9H2,1-2H3,(H2,19,20,21,22,23)/t11-,12+,14?. The summed E-state index contributed by atoms with van der Waals surface area (Å²) >= 11 is 0. The number of piperidine rings is 1. The smallest absolute Gasteiger partial charge is 0.227 e. The van der Waals surface area contributed by atoms with Crippen LogP contribution < -0.4 is 15.5 Å². The number of H-pyrrole nitrogens is 1. The highest BCUT2D eigenvalue weighted by Gasteiger charge is 2.35. The molecule has 2 aliphatic rings. The minimum atomic E-state index is -0.116. The molecule has 0 radical (unpaired) electrons. The number of fused-ring (bicyclic) bond motifs is 2. The first kappa shape index (κ1) is 16.3. The molecule has 4 rings (SSSR count). The average Bonchev–Trinajstić information content (AvgIpc) is 3.18. The Morgan fingerprint density at radius 2 is 1.96 bits per heavy atom. The predicted octanol–water partition coefficient (Wildman–Crippen LogP) is 1.46. The maximum atomic E-state index is 9.57. The molecule has 2 aliphatic heterocycles. The Balaban J connectivity index is 1.56. The molecule has 0 amide bonds. The van der Waals surface area contributed by atoms with E-state index in [-0.39, 0.29) is 6.61 Å². The lowest BCUT2D eigenvalue weighted by Gasteiger charge is -2.35. The van der Waals surface area contributed by atoms with Gasteiger partial charge in [-0.2, -0.15) is 10.1 Å². The number of aromatic amines is 1. The van der Waals surface area contributed by atoms with Gasteiger partial charge >= 0.3 is 0 Å². The van der Waals surface area contributed by atoms with E-state index in [0.717, 1.165) is 18.5 Å². The van der Waals surface area contributed by atoms with E-state index in [1.807, 2.05) is 20.0 Å². The minimum Gasteiger partial charge on any atom is -0.390 e. The zero-order chi connectivity index (χ0) is 17.4. The fourth-order valence-corrected chi connectivity index (χ4v) is 3.91. The third kappa shape index (κ3) is 3.45. The Kier molecular flexibility index (Phi) is 4.30. The molecule has 2 saturated heterocycles. The molecule has 4 heterocycles. The summed E-state index contributed by atoms with van der Waals surface area (Å²) in [6.45, 7) is 1.83. The average molecular weight is 343 g/mol. The van der Waals surface area contributed by atoms with E-state index in [0.29, 0.717) is 41.4 Å². The SMILES string of the molecule is Cc1cc(Nc2cc(CO)nc(N(C)C3C[C@H]4CC[C@@H](C3)N4)n2)n[nH]1. The van der Waals surface area contributed by atoms with Gasteiger partial charge in [0.15, 0.2) is 5.82 Å². The van der Waals surface area contributed by atoms with Gasteiger partial charge in [0, 0.05) is 43.0 Å². The molecule has 3 atom stereocenters. The Hall–Kier alpha value is -2.19. The second-order valence-electron chi connectivity index (χ2n) is 7.14. The van der Waals surface area contributed by atoms with Crippen molar-refractivity contribution in [2.75, 3.05) is 17.3 Å². The number of nitrogens with zero attached hydrogens (tertiary/aromatic N) is 4. The highest BCUT2D eigenvalue weighted by molar-refractivity contribution is 5.54. The third-order valence-electron chi connectivity index (χ3n) is 5.20. The van der Waals surface area contributed by atoms with Crippen molar-refractivity contribution in [3.63, 3.8) is 0 Å². The molecule has 2 aromatic rings. The van der Waals surface area contributed by atoms with E-state index < -0.39 is 0 Å². The van der Waals surface area contributed by atoms with Crippen molar-refractivity contribution >= 4 is 17.6 Å². The first-order chi connectivity index (χ1) is 12.1. The number of anilines is 3. The maximum absolute atomic E-state index is 9.57. The Morgan fingerprint density at radius 3 is 2.60 bits per heavy atom. The quantitative estimate of drug-likeness (QED) is 0.652. The van der Waals surface area contributed by atoms with Crippen molar-refractivity contribution in [1.82, 2.24) is 25.5 Å². The molecule has 0 saturated carbocycles. The molecule has 0 spiro atoms. The first-order valence-electron chi connectivity index (χ1n) is 8.87.